The van der Waals surface area contributed by atoms with Gasteiger partial charge in [0.2, 0.25) is 5.82 Å². The minimum absolute atomic E-state index is 0.189. The van der Waals surface area contributed by atoms with Gasteiger partial charge in [0.05, 0.1) is 0 Å². The molecule has 106 valence electrons. The number of rotatable bonds is 2. The van der Waals surface area contributed by atoms with Crippen LogP contribution >= 0.6 is 11.8 Å². The molecule has 0 unspecified atom stereocenters. The van der Waals surface area contributed by atoms with E-state index in [-0.39, 0.29) is 5.82 Å². The maximum Gasteiger partial charge on any atom is 0.451 e. The van der Waals surface area contributed by atoms with Crippen molar-refractivity contribution < 1.29 is 13.2 Å². The molecule has 1 aromatic rings. The number of alkyl halides is 3. The van der Waals surface area contributed by atoms with Crippen LogP contribution in [0.15, 0.2) is 6.07 Å². The van der Waals surface area contributed by atoms with Crippen molar-refractivity contribution in [3.63, 3.8) is 0 Å². The summed E-state index contributed by atoms with van der Waals surface area (Å²) >= 11 is 1.81. The van der Waals surface area contributed by atoms with Crippen molar-refractivity contribution in [2.24, 2.45) is 0 Å². The number of hydrogen-bond donors (Lipinski definition) is 1. The molecule has 1 saturated heterocycles. The molecule has 0 radical (unpaired) electrons. The summed E-state index contributed by atoms with van der Waals surface area (Å²) in [5, 5.41) is 2.65. The van der Waals surface area contributed by atoms with Crippen molar-refractivity contribution in [1.29, 1.82) is 0 Å². The lowest BCUT2D eigenvalue weighted by Gasteiger charge is -2.22. The zero-order valence-electron chi connectivity index (χ0n) is 10.5. The predicted molar refractivity (Wildman–Crippen MR) is 70.7 cm³/mol. The Kier molecular flexibility index (Phi) is 4.38. The van der Waals surface area contributed by atoms with Crippen LogP contribution in [-0.4, -0.2) is 41.6 Å². The van der Waals surface area contributed by atoms with Gasteiger partial charge in [0, 0.05) is 32.0 Å². The summed E-state index contributed by atoms with van der Waals surface area (Å²) in [5.41, 5.74) is 0. The van der Waals surface area contributed by atoms with Gasteiger partial charge in [0.25, 0.3) is 0 Å². The molecule has 1 aliphatic rings. The quantitative estimate of drug-likeness (QED) is 0.907. The highest BCUT2D eigenvalue weighted by Crippen LogP contribution is 2.29. The highest BCUT2D eigenvalue weighted by Gasteiger charge is 2.35. The van der Waals surface area contributed by atoms with E-state index in [2.05, 4.69) is 15.3 Å². The van der Waals surface area contributed by atoms with Gasteiger partial charge >= 0.3 is 6.18 Å². The zero-order valence-corrected chi connectivity index (χ0v) is 11.3. The van der Waals surface area contributed by atoms with Crippen LogP contribution in [0.4, 0.5) is 24.8 Å². The number of hydrogen-bond acceptors (Lipinski definition) is 5. The average molecular weight is 292 g/mol. The van der Waals surface area contributed by atoms with E-state index in [1.54, 1.807) is 13.1 Å². The first kappa shape index (κ1) is 14.2. The SMILES string of the molecule is CNc1cc(N2CCCSCC2)nc(C(F)(F)F)n1. The van der Waals surface area contributed by atoms with Crippen molar-refractivity contribution in [2.75, 3.05) is 41.9 Å². The molecule has 1 fully saturated rings. The largest absolute Gasteiger partial charge is 0.451 e. The highest BCUT2D eigenvalue weighted by molar-refractivity contribution is 7.99. The molecule has 4 nitrogen and oxygen atoms in total. The Labute approximate surface area is 113 Å². The topological polar surface area (TPSA) is 41.0 Å². The Bertz CT molecular complexity index is 430. The van der Waals surface area contributed by atoms with E-state index in [1.807, 2.05) is 16.7 Å². The second kappa shape index (κ2) is 5.85. The molecule has 0 spiro atoms. The van der Waals surface area contributed by atoms with E-state index >= 15 is 0 Å². The molecule has 8 heteroatoms. The first-order chi connectivity index (χ1) is 9.00. The molecule has 0 aromatic carbocycles. The normalized spacial score (nSPS) is 17.2. The van der Waals surface area contributed by atoms with Gasteiger partial charge in [0.1, 0.15) is 11.6 Å². The molecule has 0 bridgehead atoms. The summed E-state index contributed by atoms with van der Waals surface area (Å²) in [6, 6.07) is 1.56. The molecule has 19 heavy (non-hydrogen) atoms. The summed E-state index contributed by atoms with van der Waals surface area (Å²) in [6.07, 6.45) is -3.58. The van der Waals surface area contributed by atoms with E-state index in [4.69, 9.17) is 0 Å². The van der Waals surface area contributed by atoms with Crippen LogP contribution in [0.1, 0.15) is 12.2 Å². The number of thioether (sulfide) groups is 1. The van der Waals surface area contributed by atoms with Crippen molar-refractivity contribution in [2.45, 2.75) is 12.6 Å². The van der Waals surface area contributed by atoms with Gasteiger partial charge in [-0.2, -0.15) is 24.9 Å². The monoisotopic (exact) mass is 292 g/mol. The Balaban J connectivity index is 2.33. The maximum atomic E-state index is 12.8. The fraction of sp³-hybridized carbons (Fsp3) is 0.636. The molecule has 1 N–H and O–H groups in total. The van der Waals surface area contributed by atoms with Crippen LogP contribution in [-0.2, 0) is 6.18 Å². The molecule has 1 aliphatic heterocycles. The first-order valence-electron chi connectivity index (χ1n) is 5.97. The second-order valence-corrected chi connectivity index (χ2v) is 5.36. The van der Waals surface area contributed by atoms with Gasteiger partial charge in [-0.25, -0.2) is 9.97 Å². The average Bonchev–Trinajstić information content (AvgIpc) is 2.66. The van der Waals surface area contributed by atoms with E-state index in [1.165, 1.54) is 0 Å². The van der Waals surface area contributed by atoms with Crippen LogP contribution in [0.5, 0.6) is 0 Å². The standard InChI is InChI=1S/C11H15F3N4S/c1-15-8-7-9(17-10(16-8)11(12,13)14)18-3-2-5-19-6-4-18/h7H,2-6H2,1H3,(H,15,16,17). The van der Waals surface area contributed by atoms with Gasteiger partial charge in [-0.3, -0.25) is 0 Å². The van der Waals surface area contributed by atoms with E-state index in [0.717, 1.165) is 24.5 Å². The predicted octanol–water partition coefficient (Wildman–Crippen LogP) is 2.48. The fourth-order valence-electron chi connectivity index (χ4n) is 1.83. The number of aromatic nitrogens is 2. The molecule has 2 rings (SSSR count). The molecular weight excluding hydrogens is 277 g/mol. The summed E-state index contributed by atoms with van der Waals surface area (Å²) < 4.78 is 38.3. The number of anilines is 2. The molecule has 1 aromatic heterocycles. The Morgan fingerprint density at radius 2 is 2.05 bits per heavy atom. The van der Waals surface area contributed by atoms with Gasteiger partial charge in [0.15, 0.2) is 0 Å². The molecule has 0 aliphatic carbocycles. The minimum atomic E-state index is -4.53. The Morgan fingerprint density at radius 1 is 1.26 bits per heavy atom. The van der Waals surface area contributed by atoms with E-state index < -0.39 is 12.0 Å². The molecular formula is C11H15F3N4S. The summed E-state index contributed by atoms with van der Waals surface area (Å²) in [6.45, 7) is 1.44. The highest BCUT2D eigenvalue weighted by atomic mass is 32.2. The van der Waals surface area contributed by atoms with Crippen LogP contribution in [0.2, 0.25) is 0 Å². The van der Waals surface area contributed by atoms with Gasteiger partial charge in [-0.05, 0) is 12.2 Å². The van der Waals surface area contributed by atoms with Crippen LogP contribution in [0, 0.1) is 0 Å². The van der Waals surface area contributed by atoms with E-state index in [9.17, 15) is 13.2 Å². The lowest BCUT2D eigenvalue weighted by atomic mass is 10.3. The van der Waals surface area contributed by atoms with Gasteiger partial charge in [-0.15, -0.1) is 0 Å². The molecule has 2 heterocycles. The fourth-order valence-corrected chi connectivity index (χ4v) is 2.71. The number of nitrogens with one attached hydrogen (secondary N) is 1. The third kappa shape index (κ3) is 3.65. The van der Waals surface area contributed by atoms with Crippen molar-refractivity contribution >= 4 is 23.4 Å². The minimum Gasteiger partial charge on any atom is -0.373 e. The maximum absolute atomic E-state index is 12.8. The van der Waals surface area contributed by atoms with E-state index in [0.29, 0.717) is 12.4 Å². The summed E-state index contributed by atoms with van der Waals surface area (Å²) in [5.74, 6) is 1.38. The van der Waals surface area contributed by atoms with Crippen molar-refractivity contribution in [1.82, 2.24) is 9.97 Å². The lowest BCUT2D eigenvalue weighted by molar-refractivity contribution is -0.144. The van der Waals surface area contributed by atoms with Crippen molar-refractivity contribution in [3.05, 3.63) is 11.9 Å². The second-order valence-electron chi connectivity index (χ2n) is 4.14. The Morgan fingerprint density at radius 3 is 2.74 bits per heavy atom. The zero-order chi connectivity index (χ0) is 13.9. The van der Waals surface area contributed by atoms with Crippen LogP contribution < -0.4 is 10.2 Å². The number of nitrogens with zero attached hydrogens (tertiary/aromatic N) is 3. The molecule has 0 saturated carbocycles. The summed E-state index contributed by atoms with van der Waals surface area (Å²) in [7, 11) is 1.55. The summed E-state index contributed by atoms with van der Waals surface area (Å²) in [4.78, 5) is 9.01. The lowest BCUT2D eigenvalue weighted by Crippen LogP contribution is -2.28. The molecule has 0 atom stereocenters. The Hall–Kier alpha value is -1.18. The number of halogens is 3. The van der Waals surface area contributed by atoms with Crippen molar-refractivity contribution in [3.8, 4) is 0 Å². The van der Waals surface area contributed by atoms with Crippen LogP contribution in [0.3, 0.4) is 0 Å². The third-order valence-corrected chi connectivity index (χ3v) is 3.82. The smallest absolute Gasteiger partial charge is 0.373 e. The first-order valence-corrected chi connectivity index (χ1v) is 7.13. The van der Waals surface area contributed by atoms with Crippen LogP contribution in [0.25, 0.3) is 0 Å². The van der Waals surface area contributed by atoms with Gasteiger partial charge in [-0.1, -0.05) is 0 Å². The molecule has 0 amide bonds. The van der Waals surface area contributed by atoms with Gasteiger partial charge < -0.3 is 10.2 Å². The third-order valence-electron chi connectivity index (χ3n) is 2.77.